The van der Waals surface area contributed by atoms with Crippen molar-refractivity contribution >= 4 is 43.6 Å². The minimum absolute atomic E-state index is 0.00330. The van der Waals surface area contributed by atoms with E-state index >= 15 is 0 Å². The van der Waals surface area contributed by atoms with Crippen molar-refractivity contribution in [3.63, 3.8) is 0 Å². The van der Waals surface area contributed by atoms with Crippen LogP contribution in [-0.2, 0) is 7.05 Å². The van der Waals surface area contributed by atoms with Crippen molar-refractivity contribution in [1.82, 2.24) is 9.55 Å². The summed E-state index contributed by atoms with van der Waals surface area (Å²) in [6, 6.07) is 8.04. The van der Waals surface area contributed by atoms with E-state index in [1.807, 2.05) is 30.7 Å². The fraction of sp³-hybridized carbons (Fsp3) is 0.200. The number of hydrogen-bond acceptors (Lipinski definition) is 2. The first kappa shape index (κ1) is 12.4. The molecule has 0 aliphatic rings. The highest BCUT2D eigenvalue weighted by molar-refractivity contribution is 9.10. The van der Waals surface area contributed by atoms with Gasteiger partial charge in [0.1, 0.15) is 11.3 Å². The lowest BCUT2D eigenvalue weighted by Gasteiger charge is -2.02. The number of aryl methyl sites for hydroxylation is 2. The molecule has 2 heterocycles. The summed E-state index contributed by atoms with van der Waals surface area (Å²) in [5.74, 6) is -0.00330. The summed E-state index contributed by atoms with van der Waals surface area (Å²) in [5, 5.41) is 2.27. The van der Waals surface area contributed by atoms with Gasteiger partial charge in [-0.05, 0) is 36.8 Å². The van der Waals surface area contributed by atoms with Crippen molar-refractivity contribution in [1.29, 1.82) is 0 Å². The summed E-state index contributed by atoms with van der Waals surface area (Å²) < 4.78 is 3.08. The molecule has 0 radical (unpaired) electrons. The van der Waals surface area contributed by atoms with Gasteiger partial charge >= 0.3 is 0 Å². The fourth-order valence-corrected chi connectivity index (χ4v) is 2.89. The van der Waals surface area contributed by atoms with E-state index in [1.165, 1.54) is 0 Å². The summed E-state index contributed by atoms with van der Waals surface area (Å²) in [6.45, 7) is 3.57. The van der Waals surface area contributed by atoms with Gasteiger partial charge in [0.2, 0.25) is 0 Å². The number of fused-ring (bicyclic) bond motifs is 3. The molecule has 2 aromatic heterocycles. The number of pyridine rings is 1. The number of Topliss-reactive ketones (excluding diaryl/α,β-unsaturated/α-hetero) is 1. The van der Waals surface area contributed by atoms with Gasteiger partial charge in [0.25, 0.3) is 0 Å². The highest BCUT2D eigenvalue weighted by atomic mass is 79.9. The first-order valence-corrected chi connectivity index (χ1v) is 6.84. The number of carbonyl (C=O) groups excluding carboxylic acids is 1. The number of rotatable bonds is 1. The Morgan fingerprint density at radius 1 is 1.32 bits per heavy atom. The van der Waals surface area contributed by atoms with Crippen LogP contribution in [0.15, 0.2) is 28.7 Å². The first-order chi connectivity index (χ1) is 8.99. The minimum Gasteiger partial charge on any atom is -0.328 e. The molecule has 0 aliphatic carbocycles. The molecule has 0 saturated heterocycles. The van der Waals surface area contributed by atoms with Gasteiger partial charge in [-0.3, -0.25) is 4.79 Å². The van der Waals surface area contributed by atoms with Crippen LogP contribution in [-0.4, -0.2) is 15.3 Å². The second-order valence-electron chi connectivity index (χ2n) is 4.80. The number of carbonyl (C=O) groups is 1. The van der Waals surface area contributed by atoms with Crippen LogP contribution in [0.4, 0.5) is 0 Å². The third-order valence-corrected chi connectivity index (χ3v) is 3.96. The molecular weight excluding hydrogens is 304 g/mol. The first-order valence-electron chi connectivity index (χ1n) is 6.05. The van der Waals surface area contributed by atoms with Gasteiger partial charge in [0.15, 0.2) is 5.78 Å². The summed E-state index contributed by atoms with van der Waals surface area (Å²) in [6.07, 6.45) is 0. The van der Waals surface area contributed by atoms with E-state index in [-0.39, 0.29) is 5.78 Å². The zero-order valence-corrected chi connectivity index (χ0v) is 12.6. The molecule has 0 spiro atoms. The zero-order chi connectivity index (χ0) is 13.7. The lowest BCUT2D eigenvalue weighted by Crippen LogP contribution is -2.00. The zero-order valence-electron chi connectivity index (χ0n) is 11.0. The highest BCUT2D eigenvalue weighted by Gasteiger charge is 2.14. The van der Waals surface area contributed by atoms with Crippen molar-refractivity contribution in [2.24, 2.45) is 7.05 Å². The van der Waals surface area contributed by atoms with Crippen LogP contribution in [0.25, 0.3) is 21.9 Å². The van der Waals surface area contributed by atoms with Crippen LogP contribution < -0.4 is 0 Å². The van der Waals surface area contributed by atoms with Gasteiger partial charge in [-0.2, -0.15) is 0 Å². The molecule has 0 bridgehead atoms. The minimum atomic E-state index is -0.00330. The Morgan fingerprint density at radius 2 is 2.05 bits per heavy atom. The third-order valence-electron chi connectivity index (χ3n) is 3.47. The second kappa shape index (κ2) is 4.17. The SMILES string of the molecule is CC(=O)c1cc(C)c2c3cc(Br)ccc3n(C)c2n1. The lowest BCUT2D eigenvalue weighted by molar-refractivity contribution is 0.101. The van der Waals surface area contributed by atoms with Crippen LogP contribution in [0.5, 0.6) is 0 Å². The van der Waals surface area contributed by atoms with E-state index in [0.29, 0.717) is 5.69 Å². The molecule has 3 nitrogen and oxygen atoms in total. The van der Waals surface area contributed by atoms with Crippen molar-refractivity contribution in [2.45, 2.75) is 13.8 Å². The van der Waals surface area contributed by atoms with E-state index < -0.39 is 0 Å². The van der Waals surface area contributed by atoms with Crippen molar-refractivity contribution in [2.75, 3.05) is 0 Å². The summed E-state index contributed by atoms with van der Waals surface area (Å²) in [4.78, 5) is 16.0. The molecule has 0 amide bonds. The predicted molar refractivity (Wildman–Crippen MR) is 80.7 cm³/mol. The van der Waals surface area contributed by atoms with Crippen LogP contribution in [0.1, 0.15) is 23.0 Å². The van der Waals surface area contributed by atoms with E-state index in [1.54, 1.807) is 6.92 Å². The quantitative estimate of drug-likeness (QED) is 0.636. The summed E-state index contributed by atoms with van der Waals surface area (Å²) >= 11 is 3.51. The van der Waals surface area contributed by atoms with Gasteiger partial charge < -0.3 is 4.57 Å². The van der Waals surface area contributed by atoms with Gasteiger partial charge in [0.05, 0.1) is 5.52 Å². The van der Waals surface area contributed by atoms with Crippen LogP contribution in [0.3, 0.4) is 0 Å². The molecular formula is C15H13BrN2O. The topological polar surface area (TPSA) is 34.9 Å². The summed E-state index contributed by atoms with van der Waals surface area (Å²) in [7, 11) is 1.98. The molecule has 0 N–H and O–H groups in total. The highest BCUT2D eigenvalue weighted by Crippen LogP contribution is 2.31. The van der Waals surface area contributed by atoms with E-state index in [9.17, 15) is 4.79 Å². The molecule has 0 aliphatic heterocycles. The standard InChI is InChI=1S/C15H13BrN2O/c1-8-6-12(9(2)19)17-15-14(8)11-7-10(16)4-5-13(11)18(15)3/h4-7H,1-3H3. The van der Waals surface area contributed by atoms with Crippen molar-refractivity contribution in [3.05, 3.63) is 40.0 Å². The Kier molecular flexibility index (Phi) is 2.71. The Bertz CT molecular complexity index is 833. The number of hydrogen-bond donors (Lipinski definition) is 0. The molecule has 1 aromatic carbocycles. The van der Waals surface area contributed by atoms with E-state index in [2.05, 4.69) is 33.0 Å². The molecule has 3 rings (SSSR count). The lowest BCUT2D eigenvalue weighted by atomic mass is 10.1. The van der Waals surface area contributed by atoms with Crippen molar-refractivity contribution < 1.29 is 4.79 Å². The number of nitrogens with zero attached hydrogens (tertiary/aromatic N) is 2. The van der Waals surface area contributed by atoms with Gasteiger partial charge in [0, 0.05) is 29.2 Å². The molecule has 0 unspecified atom stereocenters. The normalized spacial score (nSPS) is 11.4. The Morgan fingerprint density at radius 3 is 2.74 bits per heavy atom. The Hall–Kier alpha value is -1.68. The van der Waals surface area contributed by atoms with Gasteiger partial charge in [-0.1, -0.05) is 15.9 Å². The maximum absolute atomic E-state index is 11.5. The average Bonchev–Trinajstić information content (AvgIpc) is 2.63. The predicted octanol–water partition coefficient (Wildman–Crippen LogP) is 4.00. The molecule has 96 valence electrons. The Labute approximate surface area is 119 Å². The van der Waals surface area contributed by atoms with Crippen LogP contribution >= 0.6 is 15.9 Å². The Balaban J connectivity index is 2.55. The van der Waals surface area contributed by atoms with Crippen LogP contribution in [0, 0.1) is 6.92 Å². The number of halogens is 1. The molecule has 0 saturated carbocycles. The monoisotopic (exact) mass is 316 g/mol. The number of ketones is 1. The van der Waals surface area contributed by atoms with Gasteiger partial charge in [-0.25, -0.2) is 4.98 Å². The van der Waals surface area contributed by atoms with E-state index in [0.717, 1.165) is 32.0 Å². The maximum atomic E-state index is 11.5. The van der Waals surface area contributed by atoms with Gasteiger partial charge in [-0.15, -0.1) is 0 Å². The number of benzene rings is 1. The van der Waals surface area contributed by atoms with Crippen LogP contribution in [0.2, 0.25) is 0 Å². The second-order valence-corrected chi connectivity index (χ2v) is 5.72. The number of aromatic nitrogens is 2. The summed E-state index contributed by atoms with van der Waals surface area (Å²) in [5.41, 5.74) is 3.58. The molecule has 0 atom stereocenters. The molecule has 0 fully saturated rings. The molecule has 3 aromatic rings. The molecule has 4 heteroatoms. The molecule has 19 heavy (non-hydrogen) atoms. The smallest absolute Gasteiger partial charge is 0.178 e. The fourth-order valence-electron chi connectivity index (χ4n) is 2.53. The van der Waals surface area contributed by atoms with Crippen molar-refractivity contribution in [3.8, 4) is 0 Å². The largest absolute Gasteiger partial charge is 0.328 e. The average molecular weight is 317 g/mol. The van der Waals surface area contributed by atoms with E-state index in [4.69, 9.17) is 0 Å². The third kappa shape index (κ3) is 1.78. The maximum Gasteiger partial charge on any atom is 0.178 e.